The molecule has 0 fully saturated rings. The lowest BCUT2D eigenvalue weighted by molar-refractivity contribution is -0.115. The van der Waals surface area contributed by atoms with Crippen LogP contribution in [0, 0.1) is 0 Å². The molecule has 9 heteroatoms. The fourth-order valence-corrected chi connectivity index (χ4v) is 4.79. The van der Waals surface area contributed by atoms with Crippen LogP contribution in [0.5, 0.6) is 0 Å². The third-order valence-corrected chi connectivity index (χ3v) is 6.32. The molecule has 0 saturated heterocycles. The molecule has 3 heterocycles. The highest BCUT2D eigenvalue weighted by Gasteiger charge is 2.15. The van der Waals surface area contributed by atoms with Crippen molar-refractivity contribution in [3.05, 3.63) is 70.9 Å². The second kappa shape index (κ2) is 10.3. The molecule has 158 valence electrons. The molecular formula is C22H22N6OS2. The Kier molecular flexibility index (Phi) is 7.06. The molecule has 0 saturated carbocycles. The van der Waals surface area contributed by atoms with Crippen LogP contribution < -0.4 is 5.32 Å². The van der Waals surface area contributed by atoms with Crippen LogP contribution in [0.25, 0.3) is 11.4 Å². The van der Waals surface area contributed by atoms with Gasteiger partial charge in [0, 0.05) is 41.3 Å². The van der Waals surface area contributed by atoms with E-state index in [0.717, 1.165) is 45.9 Å². The van der Waals surface area contributed by atoms with Gasteiger partial charge in [-0.3, -0.25) is 9.78 Å². The topological polar surface area (TPSA) is 85.6 Å². The van der Waals surface area contributed by atoms with E-state index in [9.17, 15) is 4.79 Å². The third kappa shape index (κ3) is 5.56. The number of para-hydroxylation sites is 1. The Morgan fingerprint density at radius 2 is 1.94 bits per heavy atom. The summed E-state index contributed by atoms with van der Waals surface area (Å²) in [5.41, 5.74) is 2.73. The van der Waals surface area contributed by atoms with E-state index < -0.39 is 0 Å². The Balaban J connectivity index is 1.38. The largest absolute Gasteiger partial charge is 0.326 e. The van der Waals surface area contributed by atoms with Crippen LogP contribution in [-0.4, -0.2) is 30.6 Å². The number of amides is 1. The Hall–Kier alpha value is -3.04. The Morgan fingerprint density at radius 3 is 2.71 bits per heavy atom. The summed E-state index contributed by atoms with van der Waals surface area (Å²) in [6.07, 6.45) is 4.78. The summed E-state index contributed by atoms with van der Waals surface area (Å²) in [5, 5.41) is 15.4. The zero-order valence-corrected chi connectivity index (χ0v) is 18.7. The van der Waals surface area contributed by atoms with Crippen LogP contribution in [0.15, 0.2) is 65.4 Å². The summed E-state index contributed by atoms with van der Waals surface area (Å²) in [6, 6.07) is 13.3. The molecule has 0 bridgehead atoms. The number of benzene rings is 1. The van der Waals surface area contributed by atoms with Crippen molar-refractivity contribution in [2.75, 3.05) is 5.32 Å². The molecule has 31 heavy (non-hydrogen) atoms. The molecule has 0 atom stereocenters. The lowest BCUT2D eigenvalue weighted by Crippen LogP contribution is -2.14. The van der Waals surface area contributed by atoms with Gasteiger partial charge in [-0.1, -0.05) is 36.9 Å². The average molecular weight is 451 g/mol. The summed E-state index contributed by atoms with van der Waals surface area (Å²) in [4.78, 5) is 20.9. The van der Waals surface area contributed by atoms with Gasteiger partial charge >= 0.3 is 0 Å². The molecule has 3 aromatic heterocycles. The minimum absolute atomic E-state index is 0.0653. The summed E-state index contributed by atoms with van der Waals surface area (Å²) in [6.45, 7) is 2.98. The van der Waals surface area contributed by atoms with E-state index in [-0.39, 0.29) is 12.3 Å². The molecule has 1 amide bonds. The summed E-state index contributed by atoms with van der Waals surface area (Å²) in [5.74, 6) is 1.46. The lowest BCUT2D eigenvalue weighted by atomic mass is 10.2. The van der Waals surface area contributed by atoms with Gasteiger partial charge in [-0.25, -0.2) is 4.98 Å². The minimum atomic E-state index is -0.0653. The van der Waals surface area contributed by atoms with Crippen molar-refractivity contribution in [3.8, 4) is 11.4 Å². The molecule has 1 aromatic carbocycles. The summed E-state index contributed by atoms with van der Waals surface area (Å²) in [7, 11) is 0. The van der Waals surface area contributed by atoms with Crippen molar-refractivity contribution in [1.82, 2.24) is 24.7 Å². The van der Waals surface area contributed by atoms with Crippen LogP contribution in [0.4, 0.5) is 5.69 Å². The van der Waals surface area contributed by atoms with Crippen LogP contribution >= 0.6 is 23.1 Å². The quantitative estimate of drug-likeness (QED) is 0.373. The molecule has 0 aliphatic carbocycles. The number of thioether (sulfide) groups is 1. The third-order valence-electron chi connectivity index (χ3n) is 4.42. The zero-order valence-electron chi connectivity index (χ0n) is 17.1. The number of carbonyl (C=O) groups is 1. The second-order valence-corrected chi connectivity index (χ2v) is 8.69. The first-order valence-electron chi connectivity index (χ1n) is 9.97. The zero-order chi connectivity index (χ0) is 21.5. The maximum absolute atomic E-state index is 12.2. The summed E-state index contributed by atoms with van der Waals surface area (Å²) >= 11 is 3.11. The van der Waals surface area contributed by atoms with Gasteiger partial charge in [-0.05, 0) is 30.7 Å². The number of anilines is 1. The predicted molar refractivity (Wildman–Crippen MR) is 124 cm³/mol. The summed E-state index contributed by atoms with van der Waals surface area (Å²) < 4.78 is 2.14. The maximum atomic E-state index is 12.2. The van der Waals surface area contributed by atoms with Crippen LogP contribution in [0.2, 0.25) is 0 Å². The Bertz CT molecular complexity index is 1130. The number of nitrogens with one attached hydrogen (secondary N) is 1. The number of pyridine rings is 1. The lowest BCUT2D eigenvalue weighted by Gasteiger charge is -2.08. The van der Waals surface area contributed by atoms with Crippen molar-refractivity contribution in [1.29, 1.82) is 0 Å². The van der Waals surface area contributed by atoms with Gasteiger partial charge in [0.25, 0.3) is 0 Å². The number of thiazole rings is 1. The highest BCUT2D eigenvalue weighted by molar-refractivity contribution is 7.98. The number of hydrogen-bond donors (Lipinski definition) is 1. The Morgan fingerprint density at radius 1 is 1.13 bits per heavy atom. The SMILES string of the molecule is CCCn1c(SCc2csc(CC(=O)Nc3ccccc3)n2)nnc1-c1ccncc1. The molecule has 0 unspecified atom stereocenters. The molecular weight excluding hydrogens is 428 g/mol. The molecule has 0 aliphatic rings. The first-order chi connectivity index (χ1) is 15.2. The molecule has 0 spiro atoms. The number of nitrogens with zero attached hydrogens (tertiary/aromatic N) is 5. The van der Waals surface area contributed by atoms with Gasteiger partial charge in [0.05, 0.1) is 12.1 Å². The normalized spacial score (nSPS) is 10.9. The fraction of sp³-hybridized carbons (Fsp3) is 0.227. The van der Waals surface area contributed by atoms with E-state index >= 15 is 0 Å². The fourth-order valence-electron chi connectivity index (χ4n) is 3.03. The Labute approximate surface area is 189 Å². The first kappa shape index (κ1) is 21.2. The van der Waals surface area contributed by atoms with E-state index in [2.05, 4.69) is 37.0 Å². The number of aromatic nitrogens is 5. The van der Waals surface area contributed by atoms with Crippen molar-refractivity contribution >= 4 is 34.7 Å². The number of hydrogen-bond acceptors (Lipinski definition) is 7. The molecule has 1 N–H and O–H groups in total. The second-order valence-electron chi connectivity index (χ2n) is 6.81. The standard InChI is InChI=1S/C22H22N6OS2/c1-2-12-28-21(16-8-10-23-11-9-16)26-27-22(28)31-15-18-14-30-20(25-18)13-19(29)24-17-6-4-3-5-7-17/h3-11,14H,2,12-13,15H2,1H3,(H,24,29). The van der Waals surface area contributed by atoms with Gasteiger partial charge in [0.1, 0.15) is 5.01 Å². The number of rotatable bonds is 9. The average Bonchev–Trinajstić information content (AvgIpc) is 3.40. The maximum Gasteiger partial charge on any atom is 0.231 e. The van der Waals surface area contributed by atoms with E-state index in [1.54, 1.807) is 24.2 Å². The van der Waals surface area contributed by atoms with Crippen LogP contribution in [0.3, 0.4) is 0 Å². The van der Waals surface area contributed by atoms with E-state index in [1.807, 2.05) is 47.8 Å². The predicted octanol–water partition coefficient (Wildman–Crippen LogP) is 4.68. The van der Waals surface area contributed by atoms with E-state index in [4.69, 9.17) is 0 Å². The van der Waals surface area contributed by atoms with Gasteiger partial charge in [-0.15, -0.1) is 21.5 Å². The van der Waals surface area contributed by atoms with E-state index in [0.29, 0.717) is 5.75 Å². The van der Waals surface area contributed by atoms with Crippen molar-refractivity contribution in [3.63, 3.8) is 0 Å². The van der Waals surface area contributed by atoms with Gasteiger partial charge in [0.15, 0.2) is 11.0 Å². The first-order valence-corrected chi connectivity index (χ1v) is 11.8. The monoisotopic (exact) mass is 450 g/mol. The van der Waals surface area contributed by atoms with Gasteiger partial charge in [0.2, 0.25) is 5.91 Å². The minimum Gasteiger partial charge on any atom is -0.326 e. The van der Waals surface area contributed by atoms with Crippen molar-refractivity contribution in [2.45, 2.75) is 37.2 Å². The highest BCUT2D eigenvalue weighted by Crippen LogP contribution is 2.27. The van der Waals surface area contributed by atoms with Crippen LogP contribution in [-0.2, 0) is 23.5 Å². The van der Waals surface area contributed by atoms with E-state index in [1.165, 1.54) is 11.3 Å². The molecule has 7 nitrogen and oxygen atoms in total. The van der Waals surface area contributed by atoms with Gasteiger partial charge in [-0.2, -0.15) is 0 Å². The molecule has 0 aliphatic heterocycles. The smallest absolute Gasteiger partial charge is 0.231 e. The highest BCUT2D eigenvalue weighted by atomic mass is 32.2. The number of carbonyl (C=O) groups excluding carboxylic acids is 1. The van der Waals surface area contributed by atoms with Gasteiger partial charge < -0.3 is 9.88 Å². The van der Waals surface area contributed by atoms with Crippen molar-refractivity contribution < 1.29 is 4.79 Å². The molecule has 4 rings (SSSR count). The van der Waals surface area contributed by atoms with Crippen LogP contribution in [0.1, 0.15) is 24.0 Å². The molecule has 4 aromatic rings. The van der Waals surface area contributed by atoms with Crippen molar-refractivity contribution in [2.24, 2.45) is 0 Å². The molecule has 0 radical (unpaired) electrons.